The van der Waals surface area contributed by atoms with Crippen molar-refractivity contribution in [2.75, 3.05) is 6.54 Å². The van der Waals surface area contributed by atoms with E-state index in [1.54, 1.807) is 38.4 Å². The smallest absolute Gasteiger partial charge is 0.344 e. The van der Waals surface area contributed by atoms with Crippen LogP contribution in [0.2, 0.25) is 0 Å². The van der Waals surface area contributed by atoms with E-state index in [4.69, 9.17) is 4.52 Å². The van der Waals surface area contributed by atoms with Crippen molar-refractivity contribution in [2.24, 2.45) is 5.92 Å². The lowest BCUT2D eigenvalue weighted by Gasteiger charge is -2.21. The Kier molecular flexibility index (Phi) is 8.26. The number of benzene rings is 1. The van der Waals surface area contributed by atoms with E-state index in [-0.39, 0.29) is 30.1 Å². The Balaban J connectivity index is 1.38. The van der Waals surface area contributed by atoms with E-state index in [9.17, 15) is 32.3 Å². The maximum absolute atomic E-state index is 13.1. The van der Waals surface area contributed by atoms with Crippen LogP contribution < -0.4 is 10.6 Å². The molecule has 0 unspecified atom stereocenters. The number of nitrogens with one attached hydrogen (secondary N) is 2. The van der Waals surface area contributed by atoms with Gasteiger partial charge in [0, 0.05) is 18.8 Å². The van der Waals surface area contributed by atoms with E-state index >= 15 is 0 Å². The van der Waals surface area contributed by atoms with Gasteiger partial charge >= 0.3 is 12.2 Å². The molecule has 2 aromatic heterocycles. The highest BCUT2D eigenvalue weighted by Gasteiger charge is 2.40. The second kappa shape index (κ2) is 11.6. The van der Waals surface area contributed by atoms with Gasteiger partial charge in [-0.15, -0.1) is 0 Å². The largest absolute Gasteiger partial charge is 0.416 e. The van der Waals surface area contributed by atoms with E-state index < -0.39 is 59.9 Å². The predicted octanol–water partition coefficient (Wildman–Crippen LogP) is 2.56. The Morgan fingerprint density at radius 2 is 1.90 bits per heavy atom. The third kappa shape index (κ3) is 6.68. The lowest BCUT2D eigenvalue weighted by molar-refractivity contribution is -0.137. The maximum atomic E-state index is 13.1. The van der Waals surface area contributed by atoms with Gasteiger partial charge < -0.3 is 15.2 Å². The molecule has 0 spiro atoms. The summed E-state index contributed by atoms with van der Waals surface area (Å²) in [5.41, 5.74) is 0.143. The molecule has 4 amide bonds. The fourth-order valence-corrected chi connectivity index (χ4v) is 4.12. The second-order valence-corrected chi connectivity index (χ2v) is 9.53. The highest BCUT2D eigenvalue weighted by Crippen LogP contribution is 2.30. The summed E-state index contributed by atoms with van der Waals surface area (Å²) in [6, 6.07) is 5.31. The first-order valence-corrected chi connectivity index (χ1v) is 12.3. The topological polar surface area (TPSA) is 147 Å². The van der Waals surface area contributed by atoms with Gasteiger partial charge in [-0.05, 0) is 29.2 Å². The number of carbonyl (C=O) groups excluding carboxylic acids is 4. The van der Waals surface area contributed by atoms with Crippen molar-refractivity contribution in [2.45, 2.75) is 44.9 Å². The Morgan fingerprint density at radius 3 is 2.58 bits per heavy atom. The summed E-state index contributed by atoms with van der Waals surface area (Å²) in [4.78, 5) is 59.7. The van der Waals surface area contributed by atoms with Crippen LogP contribution in [0.5, 0.6) is 0 Å². The van der Waals surface area contributed by atoms with Gasteiger partial charge in [0.05, 0.1) is 18.0 Å². The van der Waals surface area contributed by atoms with Crippen LogP contribution in [0.3, 0.4) is 0 Å². The van der Waals surface area contributed by atoms with E-state index in [0.717, 1.165) is 22.6 Å². The van der Waals surface area contributed by atoms with Crippen LogP contribution in [-0.2, 0) is 28.6 Å². The Labute approximate surface area is 226 Å². The highest BCUT2D eigenvalue weighted by atomic mass is 19.4. The van der Waals surface area contributed by atoms with Gasteiger partial charge in [-0.2, -0.15) is 18.2 Å². The predicted molar refractivity (Wildman–Crippen MR) is 132 cm³/mol. The Hall–Kier alpha value is -4.62. The number of nitrogens with zero attached hydrogens (tertiary/aromatic N) is 4. The van der Waals surface area contributed by atoms with Crippen molar-refractivity contribution in [1.29, 1.82) is 0 Å². The number of hydrogen-bond donors (Lipinski definition) is 2. The van der Waals surface area contributed by atoms with Gasteiger partial charge in [0.2, 0.25) is 23.4 Å². The zero-order chi connectivity index (χ0) is 29.0. The van der Waals surface area contributed by atoms with E-state index in [0.29, 0.717) is 0 Å². The molecule has 2 N–H and O–H groups in total. The first-order valence-electron chi connectivity index (χ1n) is 12.3. The lowest BCUT2D eigenvalue weighted by Crippen LogP contribution is -2.49. The highest BCUT2D eigenvalue weighted by molar-refractivity contribution is 6.07. The van der Waals surface area contributed by atoms with Gasteiger partial charge in [-0.3, -0.25) is 24.3 Å². The first kappa shape index (κ1) is 28.4. The minimum atomic E-state index is -4.52. The molecule has 1 fully saturated rings. The summed E-state index contributed by atoms with van der Waals surface area (Å²) in [5.74, 6) is -2.94. The van der Waals surface area contributed by atoms with Crippen molar-refractivity contribution >= 4 is 23.6 Å². The number of amides is 4. The maximum Gasteiger partial charge on any atom is 0.416 e. The minimum absolute atomic E-state index is 0.0875. The molecule has 4 rings (SSSR count). The quantitative estimate of drug-likeness (QED) is 0.285. The number of pyridine rings is 1. The average molecular weight is 559 g/mol. The molecule has 1 aromatic carbocycles. The average Bonchev–Trinajstić information content (AvgIpc) is 3.47. The number of aromatic nitrogens is 3. The number of Topliss-reactive ketones (excluding diaryl/α,β-unsaturated/α-hetero) is 1. The van der Waals surface area contributed by atoms with Gasteiger partial charge in [0.25, 0.3) is 5.91 Å². The van der Waals surface area contributed by atoms with Crippen LogP contribution in [0.25, 0.3) is 0 Å². The fourth-order valence-electron chi connectivity index (χ4n) is 4.12. The molecule has 2 atom stereocenters. The zero-order valence-electron chi connectivity index (χ0n) is 21.4. The van der Waals surface area contributed by atoms with Crippen LogP contribution in [0.15, 0.2) is 53.3 Å². The van der Waals surface area contributed by atoms with Gasteiger partial charge in [-0.25, -0.2) is 4.79 Å². The molecule has 3 heterocycles. The number of ketones is 1. The van der Waals surface area contributed by atoms with Crippen LogP contribution in [0.4, 0.5) is 18.0 Å². The molecule has 1 aliphatic rings. The number of alkyl halides is 3. The number of halogens is 3. The van der Waals surface area contributed by atoms with Crippen LogP contribution in [-0.4, -0.2) is 62.3 Å². The molecule has 3 aromatic rings. The van der Waals surface area contributed by atoms with E-state index in [1.807, 2.05) is 0 Å². The number of hydrogen-bond acceptors (Lipinski definition) is 8. The van der Waals surface area contributed by atoms with Gasteiger partial charge in [0.15, 0.2) is 0 Å². The summed E-state index contributed by atoms with van der Waals surface area (Å²) >= 11 is 0. The molecular formula is C26H25F3N6O5. The number of imide groups is 1. The summed E-state index contributed by atoms with van der Waals surface area (Å²) in [7, 11) is 0. The van der Waals surface area contributed by atoms with E-state index in [1.165, 1.54) is 12.1 Å². The molecule has 0 saturated carbocycles. The van der Waals surface area contributed by atoms with Crippen LogP contribution in [0, 0.1) is 5.92 Å². The van der Waals surface area contributed by atoms with Gasteiger partial charge in [0.1, 0.15) is 12.6 Å². The second-order valence-electron chi connectivity index (χ2n) is 9.53. The van der Waals surface area contributed by atoms with Crippen LogP contribution >= 0.6 is 0 Å². The molecule has 0 aliphatic carbocycles. The standard InChI is InChI=1S/C26H25F3N6O5/c1-14(2)21(22(37)23-33-20(40-34-23)11-15-5-3-7-17(9-15)26(27,28)29)32-19(36)13-35-24(38)18(31-25(35)39)10-16-6-4-8-30-12-16/h3-9,12,14,18,21H,10-11,13H2,1-2H3,(H,31,39)(H,32,36)/t18-,21+/m1/s1. The van der Waals surface area contributed by atoms with Gasteiger partial charge in [-0.1, -0.05) is 43.3 Å². The van der Waals surface area contributed by atoms with Crippen molar-refractivity contribution < 1.29 is 36.9 Å². The fraction of sp³-hybridized carbons (Fsp3) is 0.346. The molecular weight excluding hydrogens is 533 g/mol. The number of urea groups is 1. The minimum Gasteiger partial charge on any atom is -0.344 e. The number of rotatable bonds is 10. The molecule has 1 aliphatic heterocycles. The summed E-state index contributed by atoms with van der Waals surface area (Å²) in [5, 5.41) is 8.67. The van der Waals surface area contributed by atoms with Crippen LogP contribution in [0.1, 0.15) is 47.0 Å². The SMILES string of the molecule is CC(C)[C@H](NC(=O)CN1C(=O)N[C@H](Cc2cccnc2)C1=O)C(=O)c1noc(Cc2cccc(C(F)(F)F)c2)n1. The molecule has 0 bridgehead atoms. The molecule has 210 valence electrons. The Morgan fingerprint density at radius 1 is 1.15 bits per heavy atom. The summed E-state index contributed by atoms with van der Waals surface area (Å²) in [6.45, 7) is 2.70. The number of carbonyl (C=O) groups is 4. The normalized spacial score (nSPS) is 16.2. The molecule has 0 radical (unpaired) electrons. The zero-order valence-corrected chi connectivity index (χ0v) is 21.4. The lowest BCUT2D eigenvalue weighted by atomic mass is 9.99. The molecule has 11 nitrogen and oxygen atoms in total. The van der Waals surface area contributed by atoms with Crippen molar-refractivity contribution in [3.05, 3.63) is 77.2 Å². The van der Waals surface area contributed by atoms with E-state index in [2.05, 4.69) is 25.8 Å². The third-order valence-corrected chi connectivity index (χ3v) is 6.14. The Bertz CT molecular complexity index is 1410. The third-order valence-electron chi connectivity index (χ3n) is 6.14. The molecule has 1 saturated heterocycles. The van der Waals surface area contributed by atoms with Crippen molar-refractivity contribution in [3.8, 4) is 0 Å². The van der Waals surface area contributed by atoms with Crippen molar-refractivity contribution in [3.63, 3.8) is 0 Å². The molecule has 40 heavy (non-hydrogen) atoms. The van der Waals surface area contributed by atoms with Crippen molar-refractivity contribution in [1.82, 2.24) is 30.7 Å². The molecule has 14 heteroatoms. The monoisotopic (exact) mass is 558 g/mol. The first-order chi connectivity index (χ1) is 18.9. The summed E-state index contributed by atoms with van der Waals surface area (Å²) < 4.78 is 44.0. The summed E-state index contributed by atoms with van der Waals surface area (Å²) in [6.07, 6.45) is -1.32.